The Kier molecular flexibility index (Phi) is 6.94. The highest BCUT2D eigenvalue weighted by Gasteiger charge is 2.27. The maximum absolute atomic E-state index is 12.1. The Morgan fingerprint density at radius 3 is 2.75 bits per heavy atom. The van der Waals surface area contributed by atoms with Gasteiger partial charge in [-0.2, -0.15) is 18.2 Å². The van der Waals surface area contributed by atoms with E-state index in [2.05, 4.69) is 15.5 Å². The first-order chi connectivity index (χ1) is 9.44. The molecule has 0 spiro atoms. The zero-order valence-electron chi connectivity index (χ0n) is 11.7. The van der Waals surface area contributed by atoms with Crippen molar-refractivity contribution in [3.05, 3.63) is 11.7 Å². The number of hydrogen-bond acceptors (Lipinski definition) is 5. The minimum absolute atomic E-state index is 0.0101. The number of ether oxygens (including phenoxy) is 1. The molecule has 8 heteroatoms. The van der Waals surface area contributed by atoms with Crippen molar-refractivity contribution in [3.63, 3.8) is 0 Å². The highest BCUT2D eigenvalue weighted by molar-refractivity contribution is 4.90. The maximum atomic E-state index is 12.1. The van der Waals surface area contributed by atoms with Crippen LogP contribution in [-0.4, -0.2) is 42.6 Å². The minimum atomic E-state index is -4.21. The fraction of sp³-hybridized carbons (Fsp3) is 0.833. The average molecular weight is 295 g/mol. The van der Waals surface area contributed by atoms with E-state index in [1.54, 1.807) is 7.11 Å². The van der Waals surface area contributed by atoms with Gasteiger partial charge in [0, 0.05) is 26.0 Å². The lowest BCUT2D eigenvalue weighted by Gasteiger charge is -2.15. The van der Waals surface area contributed by atoms with Gasteiger partial charge in [0.2, 0.25) is 5.89 Å². The van der Waals surface area contributed by atoms with Gasteiger partial charge >= 0.3 is 6.18 Å². The summed E-state index contributed by atoms with van der Waals surface area (Å²) in [6, 6.07) is 0.0101. The molecular formula is C12H20F3N3O2. The third kappa shape index (κ3) is 6.85. The summed E-state index contributed by atoms with van der Waals surface area (Å²) in [5.41, 5.74) is 0. The Balaban J connectivity index is 2.48. The summed E-state index contributed by atoms with van der Waals surface area (Å²) in [6.45, 7) is 3.34. The van der Waals surface area contributed by atoms with Crippen molar-refractivity contribution in [2.45, 2.75) is 44.8 Å². The van der Waals surface area contributed by atoms with E-state index in [0.29, 0.717) is 18.9 Å². The van der Waals surface area contributed by atoms with Gasteiger partial charge in [0.05, 0.1) is 13.0 Å². The number of nitrogens with one attached hydrogen (secondary N) is 1. The molecule has 1 heterocycles. The first-order valence-electron chi connectivity index (χ1n) is 6.55. The molecule has 1 aromatic heterocycles. The van der Waals surface area contributed by atoms with Crippen molar-refractivity contribution in [2.24, 2.45) is 0 Å². The predicted octanol–water partition coefficient (Wildman–Crippen LogP) is 2.12. The molecular weight excluding hydrogens is 275 g/mol. The minimum Gasteiger partial charge on any atom is -0.383 e. The first kappa shape index (κ1) is 16.9. The number of aryl methyl sites for hydroxylation is 1. The van der Waals surface area contributed by atoms with E-state index < -0.39 is 12.6 Å². The van der Waals surface area contributed by atoms with Crippen molar-refractivity contribution >= 4 is 0 Å². The molecule has 5 nitrogen and oxygen atoms in total. The normalized spacial score (nSPS) is 13.7. The summed E-state index contributed by atoms with van der Waals surface area (Å²) in [5, 5.41) is 6.81. The van der Waals surface area contributed by atoms with Crippen molar-refractivity contribution in [1.29, 1.82) is 0 Å². The third-order valence-corrected chi connectivity index (χ3v) is 2.61. The molecule has 0 aliphatic carbocycles. The molecule has 0 bridgehead atoms. The average Bonchev–Trinajstić information content (AvgIpc) is 2.81. The van der Waals surface area contributed by atoms with E-state index >= 15 is 0 Å². The molecule has 0 fully saturated rings. The SMILES string of the molecule is CCCNC(COC)Cc1nc(CCC(F)(F)F)no1. The third-order valence-electron chi connectivity index (χ3n) is 2.61. The van der Waals surface area contributed by atoms with Gasteiger partial charge in [0.15, 0.2) is 5.82 Å². The number of halogens is 3. The van der Waals surface area contributed by atoms with E-state index in [4.69, 9.17) is 9.26 Å². The molecule has 1 atom stereocenters. The van der Waals surface area contributed by atoms with Gasteiger partial charge in [-0.1, -0.05) is 12.1 Å². The molecule has 1 N–H and O–H groups in total. The number of aromatic nitrogens is 2. The Hall–Kier alpha value is -1.15. The van der Waals surface area contributed by atoms with Crippen molar-refractivity contribution < 1.29 is 22.4 Å². The largest absolute Gasteiger partial charge is 0.389 e. The second-order valence-corrected chi connectivity index (χ2v) is 4.53. The van der Waals surface area contributed by atoms with Crippen molar-refractivity contribution in [1.82, 2.24) is 15.5 Å². The monoisotopic (exact) mass is 295 g/mol. The van der Waals surface area contributed by atoms with E-state index in [0.717, 1.165) is 13.0 Å². The van der Waals surface area contributed by atoms with E-state index in [1.165, 1.54) is 0 Å². The van der Waals surface area contributed by atoms with Crippen LogP contribution in [0.25, 0.3) is 0 Å². The molecule has 1 unspecified atom stereocenters. The van der Waals surface area contributed by atoms with Crippen molar-refractivity contribution in [2.75, 3.05) is 20.3 Å². The van der Waals surface area contributed by atoms with Crippen LogP contribution in [0.15, 0.2) is 4.52 Å². The van der Waals surface area contributed by atoms with Gasteiger partial charge in [-0.05, 0) is 13.0 Å². The lowest BCUT2D eigenvalue weighted by Crippen LogP contribution is -2.35. The number of alkyl halides is 3. The first-order valence-corrected chi connectivity index (χ1v) is 6.55. The molecule has 0 amide bonds. The van der Waals surface area contributed by atoms with Gasteiger partial charge in [-0.3, -0.25) is 0 Å². The van der Waals surface area contributed by atoms with Crippen LogP contribution in [0, 0.1) is 0 Å². The summed E-state index contributed by atoms with van der Waals surface area (Å²) in [4.78, 5) is 3.97. The quantitative estimate of drug-likeness (QED) is 0.756. The summed E-state index contributed by atoms with van der Waals surface area (Å²) >= 11 is 0. The molecule has 20 heavy (non-hydrogen) atoms. The Morgan fingerprint density at radius 2 is 2.15 bits per heavy atom. The molecule has 116 valence electrons. The van der Waals surface area contributed by atoms with Crippen LogP contribution in [-0.2, 0) is 17.6 Å². The lowest BCUT2D eigenvalue weighted by molar-refractivity contribution is -0.134. The van der Waals surface area contributed by atoms with Crippen LogP contribution in [0.2, 0.25) is 0 Å². The fourth-order valence-electron chi connectivity index (χ4n) is 1.68. The maximum Gasteiger partial charge on any atom is 0.389 e. The van der Waals surface area contributed by atoms with E-state index in [-0.39, 0.29) is 18.3 Å². The molecule has 0 aliphatic heterocycles. The number of rotatable bonds is 9. The van der Waals surface area contributed by atoms with Gasteiger partial charge in [-0.15, -0.1) is 0 Å². The standard InChI is InChI=1S/C12H20F3N3O2/c1-3-6-16-9(8-19-2)7-11-17-10(18-20-11)4-5-12(13,14)15/h9,16H,3-8H2,1-2H3. The van der Waals surface area contributed by atoms with Crippen LogP contribution in [0.1, 0.15) is 31.5 Å². The van der Waals surface area contributed by atoms with Crippen LogP contribution >= 0.6 is 0 Å². The Labute approximate surface area is 115 Å². The molecule has 0 aromatic carbocycles. The highest BCUT2D eigenvalue weighted by Crippen LogP contribution is 2.21. The summed E-state index contributed by atoms with van der Waals surface area (Å²) in [5.74, 6) is 0.414. The van der Waals surface area contributed by atoms with Gasteiger partial charge in [-0.25, -0.2) is 0 Å². The molecule has 0 aliphatic rings. The lowest BCUT2D eigenvalue weighted by atomic mass is 10.2. The number of methoxy groups -OCH3 is 1. The van der Waals surface area contributed by atoms with Crippen LogP contribution in [0.3, 0.4) is 0 Å². The van der Waals surface area contributed by atoms with Gasteiger partial charge < -0.3 is 14.6 Å². The zero-order valence-corrected chi connectivity index (χ0v) is 11.7. The Morgan fingerprint density at radius 1 is 1.40 bits per heavy atom. The molecule has 0 saturated heterocycles. The number of nitrogens with zero attached hydrogens (tertiary/aromatic N) is 2. The van der Waals surface area contributed by atoms with Gasteiger partial charge in [0.25, 0.3) is 0 Å². The van der Waals surface area contributed by atoms with Crippen molar-refractivity contribution in [3.8, 4) is 0 Å². The second kappa shape index (κ2) is 8.21. The van der Waals surface area contributed by atoms with Crippen LogP contribution in [0.5, 0.6) is 0 Å². The van der Waals surface area contributed by atoms with E-state index in [9.17, 15) is 13.2 Å². The molecule has 0 radical (unpaired) electrons. The fourth-order valence-corrected chi connectivity index (χ4v) is 1.68. The second-order valence-electron chi connectivity index (χ2n) is 4.53. The van der Waals surface area contributed by atoms with Crippen LogP contribution < -0.4 is 5.32 Å². The molecule has 1 rings (SSSR count). The highest BCUT2D eigenvalue weighted by atomic mass is 19.4. The molecule has 1 aromatic rings. The van der Waals surface area contributed by atoms with Gasteiger partial charge in [0.1, 0.15) is 0 Å². The predicted molar refractivity (Wildman–Crippen MR) is 66.3 cm³/mol. The molecule has 0 saturated carbocycles. The summed E-state index contributed by atoms with van der Waals surface area (Å²) in [7, 11) is 1.59. The summed E-state index contributed by atoms with van der Waals surface area (Å²) in [6.07, 6.45) is -4.00. The topological polar surface area (TPSA) is 60.2 Å². The zero-order chi connectivity index (χ0) is 15.0. The summed E-state index contributed by atoms with van der Waals surface area (Å²) < 4.78 is 46.3. The van der Waals surface area contributed by atoms with E-state index in [1.807, 2.05) is 6.92 Å². The Bertz CT molecular complexity index is 382. The van der Waals surface area contributed by atoms with Crippen LogP contribution in [0.4, 0.5) is 13.2 Å². The number of hydrogen-bond donors (Lipinski definition) is 1. The smallest absolute Gasteiger partial charge is 0.383 e.